The number of aromatic nitrogens is 1. The van der Waals surface area contributed by atoms with Gasteiger partial charge in [0.05, 0.1) is 17.1 Å². The Morgan fingerprint density at radius 3 is 2.55 bits per heavy atom. The molecule has 0 aliphatic carbocycles. The Bertz CT molecular complexity index is 752. The summed E-state index contributed by atoms with van der Waals surface area (Å²) in [6.07, 6.45) is 1.74. The van der Waals surface area contributed by atoms with E-state index in [1.165, 1.54) is 4.88 Å². The lowest BCUT2D eigenvalue weighted by Gasteiger charge is -2.12. The normalized spacial score (nSPS) is 11.3. The number of rotatable bonds is 5. The number of benzene rings is 1. The van der Waals surface area contributed by atoms with Crippen molar-refractivity contribution in [3.05, 3.63) is 62.7 Å². The summed E-state index contributed by atoms with van der Waals surface area (Å²) in [6.45, 7) is 1.46. The van der Waals surface area contributed by atoms with Gasteiger partial charge in [-0.25, -0.2) is 4.98 Å². The van der Waals surface area contributed by atoms with Crippen LogP contribution in [0.3, 0.4) is 0 Å². The molecule has 1 aromatic carbocycles. The third-order valence-electron chi connectivity index (χ3n) is 3.14. The average Bonchev–Trinajstić information content (AvgIpc) is 3.09. The van der Waals surface area contributed by atoms with Crippen LogP contribution in [0.4, 0.5) is 0 Å². The molecule has 2 heterocycles. The predicted octanol–water partition coefficient (Wildman–Crippen LogP) is 5.34. The zero-order valence-corrected chi connectivity index (χ0v) is 14.3. The Morgan fingerprint density at radius 2 is 1.86 bits per heavy atom. The molecule has 0 atom stereocenters. The van der Waals surface area contributed by atoms with Gasteiger partial charge in [0.2, 0.25) is 5.89 Å². The van der Waals surface area contributed by atoms with Crippen molar-refractivity contribution < 1.29 is 4.42 Å². The van der Waals surface area contributed by atoms with Crippen molar-refractivity contribution >= 4 is 34.5 Å². The number of nitrogens with zero attached hydrogens (tertiary/aromatic N) is 2. The standard InChI is InChI=1S/C16H14Cl2N2OS/c1-20(9-13-6-7-15(18)22-13)10-16-19-8-14(21-16)11-2-4-12(17)5-3-11/h2-8H,9-10H2,1H3. The molecule has 0 bridgehead atoms. The monoisotopic (exact) mass is 352 g/mol. The van der Waals surface area contributed by atoms with Crippen molar-refractivity contribution in [3.63, 3.8) is 0 Å². The number of hydrogen-bond donors (Lipinski definition) is 0. The van der Waals surface area contributed by atoms with E-state index in [1.807, 2.05) is 43.4 Å². The molecule has 22 heavy (non-hydrogen) atoms. The number of hydrogen-bond acceptors (Lipinski definition) is 4. The van der Waals surface area contributed by atoms with Crippen LogP contribution in [-0.2, 0) is 13.1 Å². The van der Waals surface area contributed by atoms with Crippen LogP contribution in [0.25, 0.3) is 11.3 Å². The van der Waals surface area contributed by atoms with Crippen molar-refractivity contribution in [2.75, 3.05) is 7.05 Å². The second-order valence-corrected chi connectivity index (χ2v) is 7.24. The van der Waals surface area contributed by atoms with E-state index in [1.54, 1.807) is 17.5 Å². The molecule has 3 nitrogen and oxygen atoms in total. The summed E-state index contributed by atoms with van der Waals surface area (Å²) in [6, 6.07) is 11.5. The zero-order valence-electron chi connectivity index (χ0n) is 11.9. The summed E-state index contributed by atoms with van der Waals surface area (Å²) in [5, 5.41) is 0.706. The maximum absolute atomic E-state index is 5.95. The van der Waals surface area contributed by atoms with Crippen LogP contribution in [0.5, 0.6) is 0 Å². The molecule has 0 aliphatic heterocycles. The number of halogens is 2. The third-order valence-corrected chi connectivity index (χ3v) is 4.61. The molecular formula is C16H14Cl2N2OS. The molecule has 3 rings (SSSR count). The lowest BCUT2D eigenvalue weighted by atomic mass is 10.2. The van der Waals surface area contributed by atoms with Crippen LogP contribution in [0.15, 0.2) is 47.0 Å². The lowest BCUT2D eigenvalue weighted by molar-refractivity contribution is 0.285. The van der Waals surface area contributed by atoms with E-state index < -0.39 is 0 Å². The van der Waals surface area contributed by atoms with Crippen LogP contribution in [0.2, 0.25) is 9.36 Å². The van der Waals surface area contributed by atoms with Gasteiger partial charge in [-0.3, -0.25) is 4.90 Å². The van der Waals surface area contributed by atoms with Gasteiger partial charge in [0, 0.05) is 22.0 Å². The van der Waals surface area contributed by atoms with E-state index in [0.717, 1.165) is 22.2 Å². The quantitative estimate of drug-likeness (QED) is 0.620. The number of oxazole rings is 1. The first-order valence-corrected chi connectivity index (χ1v) is 8.31. The first kappa shape index (κ1) is 15.6. The molecule has 0 aliphatic rings. The van der Waals surface area contributed by atoms with E-state index in [-0.39, 0.29) is 0 Å². The minimum absolute atomic E-state index is 0.642. The molecule has 0 unspecified atom stereocenters. The van der Waals surface area contributed by atoms with Gasteiger partial charge in [0.25, 0.3) is 0 Å². The lowest BCUT2D eigenvalue weighted by Crippen LogP contribution is -2.16. The van der Waals surface area contributed by atoms with Gasteiger partial charge in [0.1, 0.15) is 0 Å². The van der Waals surface area contributed by atoms with Gasteiger partial charge in [0.15, 0.2) is 5.76 Å². The van der Waals surface area contributed by atoms with E-state index in [2.05, 4.69) is 9.88 Å². The SMILES string of the molecule is CN(Cc1ncc(-c2ccc(Cl)cc2)o1)Cc1ccc(Cl)s1. The fourth-order valence-corrected chi connectivity index (χ4v) is 3.41. The Kier molecular flexibility index (Phi) is 4.84. The molecule has 0 saturated carbocycles. The molecule has 0 radical (unpaired) electrons. The highest BCUT2D eigenvalue weighted by atomic mass is 35.5. The molecule has 0 amide bonds. The number of thiophene rings is 1. The fourth-order valence-electron chi connectivity index (χ4n) is 2.12. The summed E-state index contributed by atoms with van der Waals surface area (Å²) in [7, 11) is 2.03. The molecular weight excluding hydrogens is 339 g/mol. The van der Waals surface area contributed by atoms with Crippen molar-refractivity contribution in [2.45, 2.75) is 13.1 Å². The summed E-state index contributed by atoms with van der Waals surface area (Å²) in [4.78, 5) is 7.70. The summed E-state index contributed by atoms with van der Waals surface area (Å²) < 4.78 is 6.61. The molecule has 0 saturated heterocycles. The van der Waals surface area contributed by atoms with E-state index in [9.17, 15) is 0 Å². The first-order valence-electron chi connectivity index (χ1n) is 6.73. The molecule has 114 valence electrons. The summed E-state index contributed by atoms with van der Waals surface area (Å²) in [5.74, 6) is 1.44. The van der Waals surface area contributed by atoms with Crippen molar-refractivity contribution in [1.29, 1.82) is 0 Å². The van der Waals surface area contributed by atoms with E-state index in [0.29, 0.717) is 17.5 Å². The maximum Gasteiger partial charge on any atom is 0.209 e. The van der Waals surface area contributed by atoms with Gasteiger partial charge in [-0.15, -0.1) is 11.3 Å². The van der Waals surface area contributed by atoms with Crippen LogP contribution in [0.1, 0.15) is 10.8 Å². The second kappa shape index (κ2) is 6.84. The largest absolute Gasteiger partial charge is 0.439 e. The molecule has 3 aromatic rings. The summed E-state index contributed by atoms with van der Waals surface area (Å²) >= 11 is 13.4. The Balaban J connectivity index is 1.65. The maximum atomic E-state index is 5.95. The van der Waals surface area contributed by atoms with Crippen molar-refractivity contribution in [1.82, 2.24) is 9.88 Å². The highest BCUT2D eigenvalue weighted by Crippen LogP contribution is 2.24. The minimum Gasteiger partial charge on any atom is -0.439 e. The zero-order chi connectivity index (χ0) is 15.5. The van der Waals surface area contributed by atoms with E-state index >= 15 is 0 Å². The highest BCUT2D eigenvalue weighted by Gasteiger charge is 2.10. The van der Waals surface area contributed by atoms with Gasteiger partial charge < -0.3 is 4.42 Å². The van der Waals surface area contributed by atoms with Crippen LogP contribution < -0.4 is 0 Å². The first-order chi connectivity index (χ1) is 10.6. The van der Waals surface area contributed by atoms with Crippen molar-refractivity contribution in [2.24, 2.45) is 0 Å². The van der Waals surface area contributed by atoms with E-state index in [4.69, 9.17) is 27.6 Å². The Hall–Kier alpha value is -1.33. The van der Waals surface area contributed by atoms with Crippen LogP contribution >= 0.6 is 34.5 Å². The smallest absolute Gasteiger partial charge is 0.209 e. The highest BCUT2D eigenvalue weighted by molar-refractivity contribution is 7.16. The van der Waals surface area contributed by atoms with Gasteiger partial charge in [-0.2, -0.15) is 0 Å². The third kappa shape index (κ3) is 3.90. The minimum atomic E-state index is 0.642. The van der Waals surface area contributed by atoms with Gasteiger partial charge >= 0.3 is 0 Å². The topological polar surface area (TPSA) is 29.3 Å². The molecule has 0 N–H and O–H groups in total. The van der Waals surface area contributed by atoms with Gasteiger partial charge in [-0.05, 0) is 43.4 Å². The molecule has 2 aromatic heterocycles. The Labute approximate surface area is 143 Å². The molecule has 0 fully saturated rings. The van der Waals surface area contributed by atoms with Crippen LogP contribution in [0, 0.1) is 0 Å². The van der Waals surface area contributed by atoms with Gasteiger partial charge in [-0.1, -0.05) is 23.2 Å². The predicted molar refractivity (Wildman–Crippen MR) is 91.4 cm³/mol. The molecule has 0 spiro atoms. The fraction of sp³-hybridized carbons (Fsp3) is 0.188. The van der Waals surface area contributed by atoms with Crippen LogP contribution in [-0.4, -0.2) is 16.9 Å². The molecule has 6 heteroatoms. The summed E-state index contributed by atoms with van der Waals surface area (Å²) in [5.41, 5.74) is 0.968. The second-order valence-electron chi connectivity index (χ2n) is 5.00. The van der Waals surface area contributed by atoms with Crippen molar-refractivity contribution in [3.8, 4) is 11.3 Å². The Morgan fingerprint density at radius 1 is 1.09 bits per heavy atom. The average molecular weight is 353 g/mol.